The number of quaternary nitrogens is 1. The van der Waals surface area contributed by atoms with Gasteiger partial charge in [0.2, 0.25) is 0 Å². The third kappa shape index (κ3) is 1.66. The van der Waals surface area contributed by atoms with Crippen molar-refractivity contribution in [3.63, 3.8) is 0 Å². The monoisotopic (exact) mass is 129 g/mol. The van der Waals surface area contributed by atoms with E-state index in [1.54, 1.807) is 0 Å². The highest BCUT2D eigenvalue weighted by atomic mass is 15.2. The topological polar surface area (TPSA) is 42.6 Å². The van der Waals surface area contributed by atoms with Crippen molar-refractivity contribution in [2.45, 2.75) is 38.6 Å². The first-order valence-electron chi connectivity index (χ1n) is 3.89. The number of hydrogen-bond acceptors (Lipinski definition) is 1. The average molecular weight is 129 g/mol. The van der Waals surface area contributed by atoms with Crippen LogP contribution in [0.15, 0.2) is 0 Å². The van der Waals surface area contributed by atoms with Crippen LogP contribution in [0.2, 0.25) is 0 Å². The van der Waals surface area contributed by atoms with Crippen molar-refractivity contribution in [3.8, 4) is 0 Å². The zero-order valence-corrected chi connectivity index (χ0v) is 6.14. The van der Waals surface area contributed by atoms with E-state index in [4.69, 9.17) is 5.84 Å². The van der Waals surface area contributed by atoms with Crippen molar-refractivity contribution in [3.05, 3.63) is 0 Å². The summed E-state index contributed by atoms with van der Waals surface area (Å²) in [5.41, 5.74) is 1.88. The minimum atomic E-state index is 0.707. The first kappa shape index (κ1) is 7.03. The van der Waals surface area contributed by atoms with Gasteiger partial charge in [0, 0.05) is 12.3 Å². The second-order valence-corrected chi connectivity index (χ2v) is 3.12. The van der Waals surface area contributed by atoms with E-state index in [-0.39, 0.29) is 0 Å². The van der Waals surface area contributed by atoms with E-state index >= 15 is 0 Å². The van der Waals surface area contributed by atoms with Crippen LogP contribution in [0, 0.1) is 5.92 Å². The molecular formula is C7H17N2+. The second kappa shape index (κ2) is 3.18. The average Bonchev–Trinajstić information content (AvgIpc) is 1.89. The minimum absolute atomic E-state index is 0.707. The molecule has 9 heavy (non-hydrogen) atoms. The molecule has 0 heterocycles. The third-order valence-electron chi connectivity index (χ3n) is 2.43. The number of nitrogens with two attached hydrogens (primary N) is 2. The van der Waals surface area contributed by atoms with Crippen LogP contribution in [0.25, 0.3) is 0 Å². The van der Waals surface area contributed by atoms with E-state index in [9.17, 15) is 0 Å². The molecule has 2 nitrogen and oxygen atoms in total. The maximum absolute atomic E-state index is 5.47. The molecule has 1 aliphatic carbocycles. The van der Waals surface area contributed by atoms with Crippen molar-refractivity contribution in [2.24, 2.45) is 11.8 Å². The van der Waals surface area contributed by atoms with Crippen LogP contribution in [-0.2, 0) is 0 Å². The summed E-state index contributed by atoms with van der Waals surface area (Å²) in [6.45, 7) is 2.30. The molecular weight excluding hydrogens is 112 g/mol. The zero-order chi connectivity index (χ0) is 6.69. The predicted molar refractivity (Wildman–Crippen MR) is 37.5 cm³/mol. The lowest BCUT2D eigenvalue weighted by Gasteiger charge is -2.24. The van der Waals surface area contributed by atoms with Crippen LogP contribution >= 0.6 is 0 Å². The molecule has 4 N–H and O–H groups in total. The van der Waals surface area contributed by atoms with Crippen molar-refractivity contribution in [2.75, 3.05) is 0 Å². The Kier molecular flexibility index (Phi) is 2.49. The Bertz CT molecular complexity index is 83.0. The van der Waals surface area contributed by atoms with Gasteiger partial charge in [-0.3, -0.25) is 5.43 Å². The molecule has 0 saturated heterocycles. The lowest BCUT2D eigenvalue weighted by Crippen LogP contribution is -2.97. The molecule has 0 aromatic carbocycles. The molecule has 0 bridgehead atoms. The van der Waals surface area contributed by atoms with Crippen LogP contribution in [-0.4, -0.2) is 6.04 Å². The molecule has 1 saturated carbocycles. The van der Waals surface area contributed by atoms with Crippen molar-refractivity contribution >= 4 is 0 Å². The van der Waals surface area contributed by atoms with E-state index in [1.165, 1.54) is 25.7 Å². The van der Waals surface area contributed by atoms with Crippen LogP contribution < -0.4 is 11.3 Å². The van der Waals surface area contributed by atoms with Gasteiger partial charge >= 0.3 is 0 Å². The Morgan fingerprint density at radius 1 is 1.33 bits per heavy atom. The van der Waals surface area contributed by atoms with E-state index in [0.29, 0.717) is 6.04 Å². The summed E-state index contributed by atoms with van der Waals surface area (Å²) < 4.78 is 0. The van der Waals surface area contributed by atoms with Gasteiger partial charge in [0.25, 0.3) is 0 Å². The van der Waals surface area contributed by atoms with Gasteiger partial charge in [0.1, 0.15) is 6.04 Å². The number of rotatable bonds is 1. The molecule has 0 aliphatic heterocycles. The standard InChI is InChI=1S/C7H16N2/c1-6-4-2-3-5-7(6)9-8/h6-7,9H,2-5,8H2,1H3/p+1. The van der Waals surface area contributed by atoms with Gasteiger partial charge in [-0.15, -0.1) is 0 Å². The van der Waals surface area contributed by atoms with Gasteiger partial charge in [-0.2, -0.15) is 5.84 Å². The molecule has 1 rings (SSSR count). The third-order valence-corrected chi connectivity index (χ3v) is 2.43. The first-order chi connectivity index (χ1) is 4.34. The van der Waals surface area contributed by atoms with E-state index < -0.39 is 0 Å². The fourth-order valence-corrected chi connectivity index (χ4v) is 1.63. The van der Waals surface area contributed by atoms with E-state index in [0.717, 1.165) is 5.92 Å². The van der Waals surface area contributed by atoms with Gasteiger partial charge in [0.05, 0.1) is 0 Å². The fraction of sp³-hybridized carbons (Fsp3) is 1.00. The molecule has 0 amide bonds. The molecule has 2 heteroatoms. The summed E-state index contributed by atoms with van der Waals surface area (Å²) >= 11 is 0. The van der Waals surface area contributed by atoms with Crippen molar-refractivity contribution in [1.29, 1.82) is 0 Å². The molecule has 0 spiro atoms. The molecule has 54 valence electrons. The second-order valence-electron chi connectivity index (χ2n) is 3.12. The Balaban J connectivity index is 2.30. The molecule has 1 fully saturated rings. The molecule has 1 aliphatic rings. The van der Waals surface area contributed by atoms with E-state index in [2.05, 4.69) is 6.92 Å². The summed E-state index contributed by atoms with van der Waals surface area (Å²) in [7, 11) is 0. The van der Waals surface area contributed by atoms with Gasteiger partial charge in [-0.25, -0.2) is 0 Å². The molecule has 0 radical (unpaired) electrons. The highest BCUT2D eigenvalue weighted by Gasteiger charge is 2.22. The van der Waals surface area contributed by atoms with E-state index in [1.807, 2.05) is 5.43 Å². The van der Waals surface area contributed by atoms with Crippen LogP contribution in [0.5, 0.6) is 0 Å². The summed E-state index contributed by atoms with van der Waals surface area (Å²) in [6.07, 6.45) is 5.48. The van der Waals surface area contributed by atoms with Crippen LogP contribution in [0.1, 0.15) is 32.6 Å². The first-order valence-corrected chi connectivity index (χ1v) is 3.89. The minimum Gasteiger partial charge on any atom is -0.269 e. The van der Waals surface area contributed by atoms with Gasteiger partial charge in [-0.1, -0.05) is 13.3 Å². The number of hydrogen-bond donors (Lipinski definition) is 2. The Morgan fingerprint density at radius 3 is 2.44 bits per heavy atom. The Labute approximate surface area is 56.8 Å². The van der Waals surface area contributed by atoms with Gasteiger partial charge in [0.15, 0.2) is 0 Å². The Morgan fingerprint density at radius 2 is 2.00 bits per heavy atom. The molecule has 0 aromatic rings. The summed E-state index contributed by atoms with van der Waals surface area (Å²) in [5, 5.41) is 0. The largest absolute Gasteiger partial charge is 0.269 e. The SMILES string of the molecule is CC1CCCCC1[NH2+]N. The predicted octanol–water partition coefficient (Wildman–Crippen LogP) is 0.00220. The maximum Gasteiger partial charge on any atom is 0.106 e. The van der Waals surface area contributed by atoms with Crippen LogP contribution in [0.4, 0.5) is 0 Å². The molecule has 2 atom stereocenters. The highest BCUT2D eigenvalue weighted by molar-refractivity contribution is 4.69. The summed E-state index contributed by atoms with van der Waals surface area (Å²) in [6, 6.07) is 0.707. The quantitative estimate of drug-likeness (QED) is 0.380. The fourth-order valence-electron chi connectivity index (χ4n) is 1.63. The van der Waals surface area contributed by atoms with Crippen LogP contribution in [0.3, 0.4) is 0 Å². The van der Waals surface area contributed by atoms with Gasteiger partial charge in [-0.05, 0) is 12.8 Å². The normalized spacial score (nSPS) is 36.7. The lowest BCUT2D eigenvalue weighted by molar-refractivity contribution is -0.709. The van der Waals surface area contributed by atoms with Crippen molar-refractivity contribution < 1.29 is 5.43 Å². The summed E-state index contributed by atoms with van der Waals surface area (Å²) in [4.78, 5) is 0. The maximum atomic E-state index is 5.47. The smallest absolute Gasteiger partial charge is 0.106 e. The van der Waals surface area contributed by atoms with Gasteiger partial charge < -0.3 is 0 Å². The zero-order valence-electron chi connectivity index (χ0n) is 6.14. The van der Waals surface area contributed by atoms with Crippen molar-refractivity contribution in [1.82, 2.24) is 0 Å². The molecule has 0 aromatic heterocycles. The summed E-state index contributed by atoms with van der Waals surface area (Å²) in [5.74, 6) is 6.31. The highest BCUT2D eigenvalue weighted by Crippen LogP contribution is 2.20. The lowest BCUT2D eigenvalue weighted by atomic mass is 9.86. The Hall–Kier alpha value is -0.0800. The molecule has 2 unspecified atom stereocenters.